The number of hydrogen-bond donors (Lipinski definition) is 2. The highest BCUT2D eigenvalue weighted by molar-refractivity contribution is 7.98. The van der Waals surface area contributed by atoms with Crippen LogP contribution in [-0.4, -0.2) is 11.5 Å². The van der Waals surface area contributed by atoms with Crippen LogP contribution in [0.5, 0.6) is 0 Å². The number of thioether (sulfide) groups is 1. The smallest absolute Gasteiger partial charge is 0.123 e. The molecule has 4 aromatic carbocycles. The monoisotopic (exact) mass is 537 g/mol. The lowest BCUT2D eigenvalue weighted by atomic mass is 9.98. The Bertz CT molecular complexity index is 1370. The predicted octanol–water partition coefficient (Wildman–Crippen LogP) is 9.86. The Labute approximate surface area is 240 Å². The standard InChI is InChI=1S/C17H20N2S.C16H17N.C2H6/c1-12(2)14-8-4-3-7-13(14)11-20-16-10-6-5-9-15(16)17(18)19;1-12-8-4-6-10-15(12)14(3)17-16-11-7-5-9-13(16)2;1-2/h3-10,12H,11H2,1-2H3,(H3,18,19);4-11H,1-3H3;1-2H3. The molecule has 0 aliphatic carbocycles. The van der Waals surface area contributed by atoms with Crippen LogP contribution in [-0.2, 0) is 5.75 Å². The van der Waals surface area contributed by atoms with E-state index in [-0.39, 0.29) is 5.84 Å². The van der Waals surface area contributed by atoms with E-state index in [1.165, 1.54) is 27.8 Å². The molecule has 0 atom stereocenters. The molecular formula is C35H43N3S. The topological polar surface area (TPSA) is 62.2 Å². The van der Waals surface area contributed by atoms with Crippen molar-refractivity contribution in [3.63, 3.8) is 0 Å². The molecule has 0 saturated carbocycles. The van der Waals surface area contributed by atoms with Crippen LogP contribution in [0, 0.1) is 19.3 Å². The molecule has 39 heavy (non-hydrogen) atoms. The van der Waals surface area contributed by atoms with Crippen LogP contribution in [0.25, 0.3) is 0 Å². The second kappa shape index (κ2) is 16.4. The SMILES string of the molecule is CC.CC(=Nc1ccccc1C)c1ccccc1C.CC(C)c1ccccc1CSc1ccccc1C(=N)N. The maximum absolute atomic E-state index is 7.63. The first-order valence-electron chi connectivity index (χ1n) is 13.6. The van der Waals surface area contributed by atoms with Gasteiger partial charge in [-0.05, 0) is 66.6 Å². The number of benzene rings is 4. The van der Waals surface area contributed by atoms with Crippen LogP contribution >= 0.6 is 11.8 Å². The number of rotatable bonds is 7. The number of hydrogen-bond acceptors (Lipinski definition) is 3. The molecule has 3 nitrogen and oxygen atoms in total. The summed E-state index contributed by atoms with van der Waals surface area (Å²) in [4.78, 5) is 5.77. The van der Waals surface area contributed by atoms with Gasteiger partial charge in [-0.3, -0.25) is 10.4 Å². The summed E-state index contributed by atoms with van der Waals surface area (Å²) in [6.45, 7) is 14.7. The van der Waals surface area contributed by atoms with Crippen molar-refractivity contribution in [2.45, 2.75) is 65.0 Å². The van der Waals surface area contributed by atoms with E-state index in [0.717, 1.165) is 27.6 Å². The third-order valence-corrected chi connectivity index (χ3v) is 7.30. The summed E-state index contributed by atoms with van der Waals surface area (Å²) in [7, 11) is 0. The number of nitrogens with zero attached hydrogens (tertiary/aromatic N) is 1. The molecule has 4 aromatic rings. The number of nitrogens with one attached hydrogen (secondary N) is 1. The van der Waals surface area contributed by atoms with Crippen LogP contribution < -0.4 is 5.73 Å². The first kappa shape index (κ1) is 31.6. The molecule has 4 heteroatoms. The zero-order chi connectivity index (χ0) is 28.8. The first-order chi connectivity index (χ1) is 18.8. The molecule has 0 fully saturated rings. The van der Waals surface area contributed by atoms with Crippen molar-refractivity contribution in [1.82, 2.24) is 0 Å². The number of aryl methyl sites for hydroxylation is 2. The van der Waals surface area contributed by atoms with Gasteiger partial charge in [0.25, 0.3) is 0 Å². The van der Waals surface area contributed by atoms with Crippen molar-refractivity contribution in [3.05, 3.63) is 130 Å². The third-order valence-electron chi connectivity index (χ3n) is 6.18. The predicted molar refractivity (Wildman–Crippen MR) is 173 cm³/mol. The second-order valence-electron chi connectivity index (χ2n) is 9.35. The number of para-hydroxylation sites is 1. The van der Waals surface area contributed by atoms with E-state index in [0.29, 0.717) is 5.92 Å². The summed E-state index contributed by atoms with van der Waals surface area (Å²) < 4.78 is 0. The number of aliphatic imine (C=N–C) groups is 1. The highest BCUT2D eigenvalue weighted by atomic mass is 32.2. The maximum atomic E-state index is 7.63. The summed E-state index contributed by atoms with van der Waals surface area (Å²) in [5.41, 5.74) is 15.0. The Balaban J connectivity index is 0.000000260. The van der Waals surface area contributed by atoms with Crippen LogP contribution in [0.4, 0.5) is 5.69 Å². The average Bonchev–Trinajstić information content (AvgIpc) is 2.95. The van der Waals surface area contributed by atoms with Gasteiger partial charge < -0.3 is 5.73 Å². The molecule has 0 spiro atoms. The Kier molecular flexibility index (Phi) is 13.2. The highest BCUT2D eigenvalue weighted by Gasteiger charge is 2.09. The molecule has 0 unspecified atom stereocenters. The van der Waals surface area contributed by atoms with Crippen LogP contribution in [0.1, 0.15) is 73.9 Å². The van der Waals surface area contributed by atoms with E-state index >= 15 is 0 Å². The van der Waals surface area contributed by atoms with Gasteiger partial charge in [0, 0.05) is 21.9 Å². The molecule has 0 amide bonds. The molecule has 0 bridgehead atoms. The van der Waals surface area contributed by atoms with E-state index in [9.17, 15) is 0 Å². The van der Waals surface area contributed by atoms with Crippen molar-refractivity contribution in [2.24, 2.45) is 10.7 Å². The molecule has 3 N–H and O–H groups in total. The first-order valence-corrected chi connectivity index (χ1v) is 14.6. The molecule has 204 valence electrons. The lowest BCUT2D eigenvalue weighted by molar-refractivity contribution is 0.855. The second-order valence-corrected chi connectivity index (χ2v) is 10.4. The van der Waals surface area contributed by atoms with Crippen molar-refractivity contribution in [3.8, 4) is 0 Å². The Morgan fingerprint density at radius 2 is 1.31 bits per heavy atom. The van der Waals surface area contributed by atoms with Gasteiger partial charge in [-0.1, -0.05) is 113 Å². The summed E-state index contributed by atoms with van der Waals surface area (Å²) in [6, 6.07) is 32.9. The summed E-state index contributed by atoms with van der Waals surface area (Å²) >= 11 is 1.74. The van der Waals surface area contributed by atoms with E-state index in [1.807, 2.05) is 50.2 Å². The fourth-order valence-corrected chi connectivity index (χ4v) is 5.19. The van der Waals surface area contributed by atoms with Gasteiger partial charge in [0.15, 0.2) is 0 Å². The van der Waals surface area contributed by atoms with E-state index in [1.54, 1.807) is 11.8 Å². The quantitative estimate of drug-likeness (QED) is 0.140. The van der Waals surface area contributed by atoms with Crippen molar-refractivity contribution < 1.29 is 0 Å². The van der Waals surface area contributed by atoms with E-state index in [4.69, 9.17) is 16.1 Å². The average molecular weight is 538 g/mol. The zero-order valence-electron chi connectivity index (χ0n) is 24.5. The maximum Gasteiger partial charge on any atom is 0.123 e. The molecule has 0 aliphatic heterocycles. The Morgan fingerprint density at radius 1 is 0.769 bits per heavy atom. The largest absolute Gasteiger partial charge is 0.384 e. The van der Waals surface area contributed by atoms with Gasteiger partial charge in [0.05, 0.1) is 5.69 Å². The van der Waals surface area contributed by atoms with Gasteiger partial charge in [-0.2, -0.15) is 0 Å². The fraction of sp³-hybridized carbons (Fsp3) is 0.257. The van der Waals surface area contributed by atoms with Gasteiger partial charge >= 0.3 is 0 Å². The van der Waals surface area contributed by atoms with Crippen LogP contribution in [0.2, 0.25) is 0 Å². The molecular weight excluding hydrogens is 494 g/mol. The number of nitrogen functional groups attached to an aromatic ring is 1. The van der Waals surface area contributed by atoms with Crippen LogP contribution in [0.15, 0.2) is 107 Å². The van der Waals surface area contributed by atoms with Crippen molar-refractivity contribution in [2.75, 3.05) is 0 Å². The highest BCUT2D eigenvalue weighted by Crippen LogP contribution is 2.29. The molecule has 0 aromatic heterocycles. The zero-order valence-corrected chi connectivity index (χ0v) is 25.3. The van der Waals surface area contributed by atoms with E-state index in [2.05, 4.69) is 95.3 Å². The minimum absolute atomic E-state index is 0.130. The molecule has 0 saturated heterocycles. The minimum atomic E-state index is 0.130. The molecule has 0 radical (unpaired) electrons. The Morgan fingerprint density at radius 3 is 1.92 bits per heavy atom. The Hall–Kier alpha value is -3.63. The molecule has 4 rings (SSSR count). The van der Waals surface area contributed by atoms with E-state index < -0.39 is 0 Å². The van der Waals surface area contributed by atoms with Gasteiger partial charge in [-0.15, -0.1) is 11.8 Å². The van der Waals surface area contributed by atoms with Gasteiger partial charge in [0.1, 0.15) is 5.84 Å². The third kappa shape index (κ3) is 9.56. The summed E-state index contributed by atoms with van der Waals surface area (Å²) in [6.07, 6.45) is 0. The lowest BCUT2D eigenvalue weighted by Crippen LogP contribution is -2.12. The van der Waals surface area contributed by atoms with Crippen molar-refractivity contribution in [1.29, 1.82) is 5.41 Å². The summed E-state index contributed by atoms with van der Waals surface area (Å²) in [5.74, 6) is 1.55. The number of amidine groups is 1. The van der Waals surface area contributed by atoms with Gasteiger partial charge in [0.2, 0.25) is 0 Å². The fourth-order valence-electron chi connectivity index (χ4n) is 4.11. The van der Waals surface area contributed by atoms with Crippen LogP contribution in [0.3, 0.4) is 0 Å². The number of nitrogens with two attached hydrogens (primary N) is 1. The minimum Gasteiger partial charge on any atom is -0.384 e. The molecule has 0 aliphatic rings. The lowest BCUT2D eigenvalue weighted by Gasteiger charge is -2.13. The molecule has 0 heterocycles. The van der Waals surface area contributed by atoms with Gasteiger partial charge in [-0.25, -0.2) is 0 Å². The normalized spacial score (nSPS) is 10.7. The van der Waals surface area contributed by atoms with Crippen molar-refractivity contribution >= 4 is 29.0 Å². The summed E-state index contributed by atoms with van der Waals surface area (Å²) in [5, 5.41) is 7.63.